The highest BCUT2D eigenvalue weighted by atomic mass is 16.6. The zero-order chi connectivity index (χ0) is 19.0. The minimum absolute atomic E-state index is 0.0248. The monoisotopic (exact) mass is 367 g/mol. The summed E-state index contributed by atoms with van der Waals surface area (Å²) in [6.07, 6.45) is 3.02. The molecule has 0 radical (unpaired) electrons. The number of hydrogen-bond donors (Lipinski definition) is 0. The van der Waals surface area contributed by atoms with Gasteiger partial charge in [-0.3, -0.25) is 14.5 Å². The summed E-state index contributed by atoms with van der Waals surface area (Å²) in [7, 11) is 0. The van der Waals surface area contributed by atoms with E-state index >= 15 is 0 Å². The fourth-order valence-corrected chi connectivity index (χ4v) is 3.83. The zero-order valence-electron chi connectivity index (χ0n) is 15.2. The molecule has 1 fully saturated rings. The van der Waals surface area contributed by atoms with Gasteiger partial charge in [-0.25, -0.2) is 4.79 Å². The Morgan fingerprint density at radius 1 is 1.15 bits per heavy atom. The van der Waals surface area contributed by atoms with Crippen LogP contribution in [0, 0.1) is 0 Å². The molecule has 0 saturated carbocycles. The van der Waals surface area contributed by atoms with Crippen molar-refractivity contribution in [1.82, 2.24) is 4.90 Å². The van der Waals surface area contributed by atoms with Crippen LogP contribution in [-0.2, 0) is 14.3 Å². The molecule has 2 aliphatic heterocycles. The van der Waals surface area contributed by atoms with E-state index in [2.05, 4.69) is 4.90 Å². The third kappa shape index (κ3) is 3.21. The molecule has 0 N–H and O–H groups in total. The maximum absolute atomic E-state index is 12.8. The number of likely N-dealkylation sites (tertiary alicyclic amines) is 1. The first-order valence-corrected chi connectivity index (χ1v) is 9.26. The molecule has 4 rings (SSSR count). The summed E-state index contributed by atoms with van der Waals surface area (Å²) in [5.41, 5.74) is 1.26. The van der Waals surface area contributed by atoms with Gasteiger partial charge in [0.1, 0.15) is 12.7 Å². The third-order valence-corrected chi connectivity index (χ3v) is 5.22. The van der Waals surface area contributed by atoms with Gasteiger partial charge in [-0.05, 0) is 38.9 Å². The van der Waals surface area contributed by atoms with Gasteiger partial charge in [0.15, 0.2) is 11.6 Å². The molecule has 2 heterocycles. The highest BCUT2D eigenvalue weighted by molar-refractivity contribution is 6.28. The van der Waals surface area contributed by atoms with Crippen LogP contribution in [0.15, 0.2) is 47.2 Å². The number of nitrogens with zero attached hydrogens (tertiary/aromatic N) is 1. The molecule has 1 atom stereocenters. The predicted octanol–water partition coefficient (Wildman–Crippen LogP) is 2.30. The van der Waals surface area contributed by atoms with Crippen LogP contribution >= 0.6 is 0 Å². The Bertz CT molecular complexity index is 876. The van der Waals surface area contributed by atoms with Crippen molar-refractivity contribution in [3.05, 3.63) is 58.4 Å². The maximum Gasteiger partial charge on any atom is 0.373 e. The Kier molecular flexibility index (Phi) is 4.66. The number of fused-ring (bicyclic) bond motifs is 1. The average Bonchev–Trinajstić information content (AvgIpc) is 3.19. The quantitative estimate of drug-likeness (QED) is 0.761. The van der Waals surface area contributed by atoms with Crippen LogP contribution in [0.5, 0.6) is 0 Å². The van der Waals surface area contributed by atoms with Gasteiger partial charge >= 0.3 is 5.97 Å². The molecule has 0 aromatic heterocycles. The number of ether oxygens (including phenoxy) is 2. The van der Waals surface area contributed by atoms with E-state index in [1.165, 1.54) is 18.9 Å². The van der Waals surface area contributed by atoms with Crippen LogP contribution in [0.4, 0.5) is 0 Å². The third-order valence-electron chi connectivity index (χ3n) is 5.22. The maximum atomic E-state index is 12.8. The molecule has 6 heteroatoms. The molecule has 27 heavy (non-hydrogen) atoms. The van der Waals surface area contributed by atoms with E-state index in [1.54, 1.807) is 31.2 Å². The zero-order valence-corrected chi connectivity index (χ0v) is 15.2. The van der Waals surface area contributed by atoms with E-state index in [9.17, 15) is 14.4 Å². The summed E-state index contributed by atoms with van der Waals surface area (Å²) in [5.74, 6) is -1.13. The molecule has 1 saturated heterocycles. The summed E-state index contributed by atoms with van der Waals surface area (Å²) in [4.78, 5) is 40.2. The highest BCUT2D eigenvalue weighted by Gasteiger charge is 2.38. The second-order valence-electron chi connectivity index (χ2n) is 6.98. The molecule has 1 aliphatic carbocycles. The number of carbonyl (C=O) groups is 3. The van der Waals surface area contributed by atoms with E-state index in [1.807, 2.05) is 0 Å². The van der Waals surface area contributed by atoms with Gasteiger partial charge in [0, 0.05) is 23.2 Å². The van der Waals surface area contributed by atoms with Crippen molar-refractivity contribution in [2.24, 2.45) is 0 Å². The van der Waals surface area contributed by atoms with Crippen molar-refractivity contribution in [3.63, 3.8) is 0 Å². The Morgan fingerprint density at radius 2 is 1.81 bits per heavy atom. The molecule has 0 amide bonds. The summed E-state index contributed by atoms with van der Waals surface area (Å²) in [5, 5.41) is 0. The lowest BCUT2D eigenvalue weighted by Gasteiger charge is -2.28. The summed E-state index contributed by atoms with van der Waals surface area (Å²) < 4.78 is 10.9. The normalized spacial score (nSPS) is 22.1. The van der Waals surface area contributed by atoms with Crippen LogP contribution in [-0.4, -0.2) is 54.8 Å². The molecule has 0 bridgehead atoms. The number of benzene rings is 1. The minimum atomic E-state index is -0.684. The van der Waals surface area contributed by atoms with Crippen molar-refractivity contribution in [1.29, 1.82) is 0 Å². The summed E-state index contributed by atoms with van der Waals surface area (Å²) >= 11 is 0. The number of esters is 1. The van der Waals surface area contributed by atoms with Crippen LogP contribution < -0.4 is 0 Å². The Labute approximate surface area is 157 Å². The first-order chi connectivity index (χ1) is 13.1. The molecule has 6 nitrogen and oxygen atoms in total. The van der Waals surface area contributed by atoms with Gasteiger partial charge in [-0.1, -0.05) is 24.3 Å². The molecule has 3 aliphatic rings. The first-order valence-electron chi connectivity index (χ1n) is 9.26. The average molecular weight is 367 g/mol. The van der Waals surface area contributed by atoms with Crippen molar-refractivity contribution >= 4 is 17.5 Å². The fourth-order valence-electron chi connectivity index (χ4n) is 3.83. The number of hydrogen-bond acceptors (Lipinski definition) is 6. The lowest BCUT2D eigenvalue weighted by molar-refractivity contribution is -0.144. The Morgan fingerprint density at radius 3 is 2.52 bits per heavy atom. The molecule has 1 unspecified atom stereocenters. The Hall–Kier alpha value is -2.73. The standard InChI is InChI=1S/C21H21NO5/c1-13-18-16(19(23)14-6-2-3-7-15(14)20(18)24)12-17(27-13)21(25)26-11-10-22-8-4-5-9-22/h2-3,6-7,12-13H,4-5,8-11H2,1H3. The predicted molar refractivity (Wildman–Crippen MR) is 97.4 cm³/mol. The number of rotatable bonds is 4. The molecule has 0 spiro atoms. The van der Waals surface area contributed by atoms with Crippen molar-refractivity contribution in [2.75, 3.05) is 26.2 Å². The van der Waals surface area contributed by atoms with E-state index in [-0.39, 0.29) is 29.5 Å². The minimum Gasteiger partial charge on any atom is -0.478 e. The second kappa shape index (κ2) is 7.12. The second-order valence-corrected chi connectivity index (χ2v) is 6.98. The van der Waals surface area contributed by atoms with E-state index in [4.69, 9.17) is 9.47 Å². The molecule has 1 aromatic carbocycles. The van der Waals surface area contributed by atoms with Gasteiger partial charge < -0.3 is 9.47 Å². The van der Waals surface area contributed by atoms with Crippen molar-refractivity contribution in [2.45, 2.75) is 25.9 Å². The Balaban J connectivity index is 1.53. The van der Waals surface area contributed by atoms with Crippen LogP contribution in [0.1, 0.15) is 40.5 Å². The molecular formula is C21H21NO5. The largest absolute Gasteiger partial charge is 0.478 e. The van der Waals surface area contributed by atoms with E-state index in [0.29, 0.717) is 23.2 Å². The molecule has 1 aromatic rings. The fraction of sp³-hybridized carbons (Fsp3) is 0.381. The SMILES string of the molecule is CC1OC(C(=O)OCCN2CCCC2)=CC2=C1C(=O)c1ccccc1C2=O. The van der Waals surface area contributed by atoms with Crippen molar-refractivity contribution in [3.8, 4) is 0 Å². The number of Topliss-reactive ketones (excluding diaryl/α,β-unsaturated/α-hetero) is 2. The van der Waals surface area contributed by atoms with Crippen molar-refractivity contribution < 1.29 is 23.9 Å². The lowest BCUT2D eigenvalue weighted by atomic mass is 9.81. The number of carbonyl (C=O) groups excluding carboxylic acids is 3. The summed E-state index contributed by atoms with van der Waals surface area (Å²) in [6, 6.07) is 6.71. The van der Waals surface area contributed by atoms with Crippen LogP contribution in [0.3, 0.4) is 0 Å². The smallest absolute Gasteiger partial charge is 0.373 e. The van der Waals surface area contributed by atoms with E-state index in [0.717, 1.165) is 13.1 Å². The number of allylic oxidation sites excluding steroid dienone is 2. The van der Waals surface area contributed by atoms with Gasteiger partial charge in [0.05, 0.1) is 5.57 Å². The van der Waals surface area contributed by atoms with Gasteiger partial charge in [0.25, 0.3) is 0 Å². The van der Waals surface area contributed by atoms with Gasteiger partial charge in [0.2, 0.25) is 5.76 Å². The van der Waals surface area contributed by atoms with Gasteiger partial charge in [-0.15, -0.1) is 0 Å². The lowest BCUT2D eigenvalue weighted by Crippen LogP contribution is -2.33. The highest BCUT2D eigenvalue weighted by Crippen LogP contribution is 2.34. The summed E-state index contributed by atoms with van der Waals surface area (Å²) in [6.45, 7) is 4.68. The topological polar surface area (TPSA) is 72.9 Å². The van der Waals surface area contributed by atoms with Crippen LogP contribution in [0.2, 0.25) is 0 Å². The molecule has 140 valence electrons. The van der Waals surface area contributed by atoms with Crippen LogP contribution in [0.25, 0.3) is 0 Å². The molecular weight excluding hydrogens is 346 g/mol. The first kappa shape index (κ1) is 17.7. The number of ketones is 2. The van der Waals surface area contributed by atoms with E-state index < -0.39 is 12.1 Å². The van der Waals surface area contributed by atoms with Gasteiger partial charge in [-0.2, -0.15) is 0 Å².